The molecule has 2 aromatic heterocycles. The van der Waals surface area contributed by atoms with E-state index >= 15 is 4.39 Å². The van der Waals surface area contributed by atoms with Crippen LogP contribution in [0.4, 0.5) is 15.9 Å². The molecule has 1 fully saturated rings. The molecule has 1 aliphatic heterocycles. The molecule has 1 aromatic carbocycles. The fourth-order valence-corrected chi connectivity index (χ4v) is 3.71. The predicted octanol–water partition coefficient (Wildman–Crippen LogP) is 2.98. The lowest BCUT2D eigenvalue weighted by Crippen LogP contribution is -2.46. The molecule has 1 saturated heterocycles. The van der Waals surface area contributed by atoms with E-state index in [9.17, 15) is 5.11 Å². The molecule has 8 nitrogen and oxygen atoms in total. The zero-order chi connectivity index (χ0) is 19.8. The van der Waals surface area contributed by atoms with E-state index in [1.165, 1.54) is 0 Å². The normalized spacial score (nSPS) is 20.1. The summed E-state index contributed by atoms with van der Waals surface area (Å²) in [5, 5.41) is 21.3. The van der Waals surface area contributed by atoms with Gasteiger partial charge in [-0.3, -0.25) is 0 Å². The highest BCUT2D eigenvalue weighted by Crippen LogP contribution is 2.36. The van der Waals surface area contributed by atoms with Crippen LogP contribution in [0.3, 0.4) is 0 Å². The molecule has 0 radical (unpaired) electrons. The van der Waals surface area contributed by atoms with Gasteiger partial charge in [0.25, 0.3) is 0 Å². The monoisotopic (exact) mass is 390 g/mol. The standard InChI is InChI=1S/C19H23FN4O4/c1-10-4-14(22-27-10)6-21-19-15-5-13(9-25)17(16(20)18(15)28-23-19)24-7-11(2)26-12(3)8-24/h4-5,11-12,25H,6-9H2,1-3H3,(H,21,23)/t11-,12+. The van der Waals surface area contributed by atoms with Crippen molar-refractivity contribution in [2.45, 2.75) is 46.1 Å². The smallest absolute Gasteiger partial charge is 0.206 e. The Hall–Kier alpha value is -2.65. The van der Waals surface area contributed by atoms with Crippen LogP contribution in [-0.4, -0.2) is 40.7 Å². The first-order valence-electron chi connectivity index (χ1n) is 9.24. The molecule has 0 amide bonds. The van der Waals surface area contributed by atoms with Crippen molar-refractivity contribution >= 4 is 22.5 Å². The molecule has 0 spiro atoms. The molecule has 0 bridgehead atoms. The molecule has 0 saturated carbocycles. The predicted molar refractivity (Wildman–Crippen MR) is 101 cm³/mol. The third-order valence-corrected chi connectivity index (χ3v) is 4.78. The fourth-order valence-electron chi connectivity index (χ4n) is 3.71. The van der Waals surface area contributed by atoms with Gasteiger partial charge in [-0.1, -0.05) is 10.3 Å². The summed E-state index contributed by atoms with van der Waals surface area (Å²) < 4.78 is 31.4. The van der Waals surface area contributed by atoms with Gasteiger partial charge in [0.05, 0.1) is 36.4 Å². The second-order valence-electron chi connectivity index (χ2n) is 7.21. The van der Waals surface area contributed by atoms with E-state index in [2.05, 4.69) is 15.6 Å². The average molecular weight is 390 g/mol. The van der Waals surface area contributed by atoms with E-state index in [-0.39, 0.29) is 24.4 Å². The number of fused-ring (bicyclic) bond motifs is 1. The highest BCUT2D eigenvalue weighted by Gasteiger charge is 2.29. The summed E-state index contributed by atoms with van der Waals surface area (Å²) in [6.45, 7) is 6.82. The van der Waals surface area contributed by atoms with Gasteiger partial charge in [-0.2, -0.15) is 0 Å². The Kier molecular flexibility index (Phi) is 4.94. The van der Waals surface area contributed by atoms with Gasteiger partial charge in [0.1, 0.15) is 11.5 Å². The second kappa shape index (κ2) is 7.40. The second-order valence-corrected chi connectivity index (χ2v) is 7.21. The third-order valence-electron chi connectivity index (χ3n) is 4.78. The number of halogens is 1. The molecule has 3 heterocycles. The molecule has 150 valence electrons. The lowest BCUT2D eigenvalue weighted by Gasteiger charge is -2.37. The van der Waals surface area contributed by atoms with Crippen LogP contribution in [0.15, 0.2) is 21.2 Å². The summed E-state index contributed by atoms with van der Waals surface area (Å²) in [5.41, 5.74) is 1.57. The van der Waals surface area contributed by atoms with Crippen molar-refractivity contribution in [2.75, 3.05) is 23.3 Å². The quantitative estimate of drug-likeness (QED) is 0.686. The Labute approximate surface area is 161 Å². The molecule has 2 N–H and O–H groups in total. The van der Waals surface area contributed by atoms with Crippen LogP contribution in [0.25, 0.3) is 11.0 Å². The Bertz CT molecular complexity index is 976. The number of benzene rings is 1. The van der Waals surface area contributed by atoms with Crippen LogP contribution < -0.4 is 10.2 Å². The first-order chi connectivity index (χ1) is 13.5. The topological polar surface area (TPSA) is 96.8 Å². The minimum absolute atomic E-state index is 0.0386. The van der Waals surface area contributed by atoms with Crippen molar-refractivity contribution in [2.24, 2.45) is 0 Å². The molecule has 0 aliphatic carbocycles. The van der Waals surface area contributed by atoms with Crippen LogP contribution in [0, 0.1) is 12.7 Å². The van der Waals surface area contributed by atoms with E-state index in [1.807, 2.05) is 18.7 Å². The highest BCUT2D eigenvalue weighted by molar-refractivity contribution is 5.92. The number of ether oxygens (including phenoxy) is 1. The van der Waals surface area contributed by atoms with Crippen molar-refractivity contribution in [3.05, 3.63) is 35.0 Å². The number of rotatable bonds is 5. The van der Waals surface area contributed by atoms with Crippen LogP contribution >= 0.6 is 0 Å². The van der Waals surface area contributed by atoms with Gasteiger partial charge in [-0.25, -0.2) is 4.39 Å². The SMILES string of the molecule is Cc1cc(CNc2noc3c(F)c(N4C[C@@H](C)O[C@@H](C)C4)c(CO)cc23)no1. The minimum Gasteiger partial charge on any atom is -0.392 e. The van der Waals surface area contributed by atoms with Gasteiger partial charge in [0, 0.05) is 24.7 Å². The number of anilines is 2. The molecule has 9 heteroatoms. The molecule has 0 unspecified atom stereocenters. The third kappa shape index (κ3) is 3.43. The maximum atomic E-state index is 15.4. The van der Waals surface area contributed by atoms with Crippen molar-refractivity contribution in [3.63, 3.8) is 0 Å². The maximum absolute atomic E-state index is 15.4. The van der Waals surface area contributed by atoms with Crippen molar-refractivity contribution < 1.29 is 23.3 Å². The number of morpholine rings is 1. The number of aliphatic hydroxyl groups is 1. The molecule has 4 rings (SSSR count). The molecular weight excluding hydrogens is 367 g/mol. The van der Waals surface area contributed by atoms with E-state index in [4.69, 9.17) is 13.8 Å². The summed E-state index contributed by atoms with van der Waals surface area (Å²) >= 11 is 0. The summed E-state index contributed by atoms with van der Waals surface area (Å²) in [6.07, 6.45) is -0.0773. The average Bonchev–Trinajstić information content (AvgIpc) is 3.24. The maximum Gasteiger partial charge on any atom is 0.206 e. The van der Waals surface area contributed by atoms with E-state index in [1.54, 1.807) is 19.1 Å². The number of aliphatic hydroxyl groups excluding tert-OH is 1. The number of hydrogen-bond donors (Lipinski definition) is 2. The first kappa shape index (κ1) is 18.7. The summed E-state index contributed by atoms with van der Waals surface area (Å²) in [4.78, 5) is 1.90. The van der Waals surface area contributed by atoms with E-state index in [0.717, 1.165) is 0 Å². The van der Waals surface area contributed by atoms with Gasteiger partial charge in [0.15, 0.2) is 11.6 Å². The van der Waals surface area contributed by atoms with E-state index < -0.39 is 5.82 Å². The number of nitrogens with one attached hydrogen (secondary N) is 1. The molecular formula is C19H23FN4O4. The molecule has 28 heavy (non-hydrogen) atoms. The van der Waals surface area contributed by atoms with Crippen molar-refractivity contribution in [1.82, 2.24) is 10.3 Å². The van der Waals surface area contributed by atoms with Gasteiger partial charge in [0.2, 0.25) is 5.58 Å². The molecule has 3 aromatic rings. The summed E-state index contributed by atoms with van der Waals surface area (Å²) in [6, 6.07) is 3.51. The fraction of sp³-hybridized carbons (Fsp3) is 0.474. The number of aromatic nitrogens is 2. The number of aryl methyl sites for hydroxylation is 1. The van der Waals surface area contributed by atoms with Gasteiger partial charge in [-0.15, -0.1) is 0 Å². The lowest BCUT2D eigenvalue weighted by atomic mass is 10.1. The van der Waals surface area contributed by atoms with Crippen molar-refractivity contribution in [1.29, 1.82) is 0 Å². The van der Waals surface area contributed by atoms with Gasteiger partial charge < -0.3 is 29.1 Å². The lowest BCUT2D eigenvalue weighted by molar-refractivity contribution is -0.00549. The largest absolute Gasteiger partial charge is 0.392 e. The molecule has 2 atom stereocenters. The minimum atomic E-state index is -0.527. The van der Waals surface area contributed by atoms with Crippen LogP contribution in [0.2, 0.25) is 0 Å². The Morgan fingerprint density at radius 1 is 1.21 bits per heavy atom. The Balaban J connectivity index is 1.68. The van der Waals surface area contributed by atoms with Crippen molar-refractivity contribution in [3.8, 4) is 0 Å². The highest BCUT2D eigenvalue weighted by atomic mass is 19.1. The zero-order valence-electron chi connectivity index (χ0n) is 16.0. The zero-order valence-corrected chi connectivity index (χ0v) is 16.0. The van der Waals surface area contributed by atoms with Gasteiger partial charge >= 0.3 is 0 Å². The first-order valence-corrected chi connectivity index (χ1v) is 9.24. The van der Waals surface area contributed by atoms with Crippen LogP contribution in [-0.2, 0) is 17.9 Å². The van der Waals surface area contributed by atoms with Crippen LogP contribution in [0.1, 0.15) is 30.9 Å². The number of nitrogens with zero attached hydrogens (tertiary/aromatic N) is 3. The number of hydrogen-bond acceptors (Lipinski definition) is 8. The summed E-state index contributed by atoms with van der Waals surface area (Å²) in [7, 11) is 0. The van der Waals surface area contributed by atoms with Crippen LogP contribution in [0.5, 0.6) is 0 Å². The van der Waals surface area contributed by atoms with E-state index in [0.29, 0.717) is 53.5 Å². The van der Waals surface area contributed by atoms with Gasteiger partial charge in [-0.05, 0) is 26.8 Å². The Morgan fingerprint density at radius 3 is 2.61 bits per heavy atom. The Morgan fingerprint density at radius 2 is 1.96 bits per heavy atom. The summed E-state index contributed by atoms with van der Waals surface area (Å²) in [5.74, 6) is 0.564. The molecule has 1 aliphatic rings.